The van der Waals surface area contributed by atoms with Gasteiger partial charge in [0.15, 0.2) is 0 Å². The van der Waals surface area contributed by atoms with Gasteiger partial charge >= 0.3 is 6.18 Å². The molecule has 1 saturated carbocycles. The quantitative estimate of drug-likeness (QED) is 0.389. The number of carbonyl (C=O) groups is 2. The van der Waals surface area contributed by atoms with Crippen LogP contribution in [0.25, 0.3) is 0 Å². The van der Waals surface area contributed by atoms with Crippen LogP contribution in [0.3, 0.4) is 0 Å². The van der Waals surface area contributed by atoms with Crippen molar-refractivity contribution >= 4 is 29.7 Å². The van der Waals surface area contributed by atoms with Gasteiger partial charge in [-0.3, -0.25) is 19.5 Å². The molecule has 224 valence electrons. The van der Waals surface area contributed by atoms with Crippen molar-refractivity contribution in [2.45, 2.75) is 37.4 Å². The summed E-state index contributed by atoms with van der Waals surface area (Å²) in [6, 6.07) is 8.14. The molecule has 13 heteroatoms. The Hall–Kier alpha value is -4.20. The largest absolute Gasteiger partial charge is 0.416 e. The number of aliphatic imine (C=N–C) groups is 2. The third-order valence-corrected chi connectivity index (χ3v) is 8.63. The summed E-state index contributed by atoms with van der Waals surface area (Å²) in [5.74, 6) is 6.77. The van der Waals surface area contributed by atoms with Crippen molar-refractivity contribution in [1.29, 1.82) is 0 Å². The van der Waals surface area contributed by atoms with Crippen molar-refractivity contribution in [2.75, 3.05) is 32.5 Å². The Labute approximate surface area is 246 Å². The van der Waals surface area contributed by atoms with Gasteiger partial charge in [0, 0.05) is 30.8 Å². The zero-order valence-electron chi connectivity index (χ0n) is 23.8. The van der Waals surface area contributed by atoms with Crippen molar-refractivity contribution in [3.05, 3.63) is 83.1 Å². The highest BCUT2D eigenvalue weighted by atomic mass is 19.4. The number of pyridine rings is 1. The van der Waals surface area contributed by atoms with Crippen LogP contribution in [0.2, 0.25) is 0 Å². The van der Waals surface area contributed by atoms with Crippen LogP contribution in [-0.4, -0.2) is 76.0 Å². The van der Waals surface area contributed by atoms with Crippen molar-refractivity contribution in [2.24, 2.45) is 21.7 Å². The molecule has 1 aromatic heterocycles. The van der Waals surface area contributed by atoms with Gasteiger partial charge in [0.05, 0.1) is 23.5 Å². The third kappa shape index (κ3) is 5.17. The van der Waals surface area contributed by atoms with E-state index in [1.54, 1.807) is 42.9 Å². The number of halogens is 3. The van der Waals surface area contributed by atoms with Crippen LogP contribution in [0, 0.1) is 5.92 Å². The number of aromatic nitrogens is 1. The number of anilines is 1. The van der Waals surface area contributed by atoms with Crippen LogP contribution < -0.4 is 11.2 Å². The number of amides is 2. The highest BCUT2D eigenvalue weighted by Crippen LogP contribution is 2.43. The Morgan fingerprint density at radius 1 is 1.16 bits per heavy atom. The van der Waals surface area contributed by atoms with Gasteiger partial charge in [-0.05, 0) is 76.2 Å². The van der Waals surface area contributed by atoms with Crippen LogP contribution in [0.4, 0.5) is 19.0 Å². The number of piperidine rings is 1. The minimum absolute atomic E-state index is 0.0211. The van der Waals surface area contributed by atoms with E-state index >= 15 is 0 Å². The Kier molecular flexibility index (Phi) is 7.06. The first-order valence-corrected chi connectivity index (χ1v) is 14.1. The summed E-state index contributed by atoms with van der Waals surface area (Å²) in [6.07, 6.45) is 4.92. The summed E-state index contributed by atoms with van der Waals surface area (Å²) >= 11 is 0. The molecule has 10 nitrogen and oxygen atoms in total. The summed E-state index contributed by atoms with van der Waals surface area (Å²) in [4.78, 5) is 43.4. The average molecular weight is 594 g/mol. The van der Waals surface area contributed by atoms with Crippen LogP contribution >= 0.6 is 0 Å². The monoisotopic (exact) mass is 593 g/mol. The minimum atomic E-state index is -4.55. The maximum absolute atomic E-state index is 13.5. The number of amidine groups is 1. The number of likely N-dealkylation sites (N-methyl/N-ethyl adjacent to an activating group) is 1. The van der Waals surface area contributed by atoms with E-state index in [2.05, 4.69) is 15.3 Å². The number of hydrogen-bond donors (Lipinski definition) is 2. The number of alkyl halides is 3. The smallest absolute Gasteiger partial charge is 0.340 e. The van der Waals surface area contributed by atoms with Gasteiger partial charge in [-0.15, -0.1) is 4.59 Å². The van der Waals surface area contributed by atoms with E-state index in [1.807, 2.05) is 23.9 Å². The number of nitrogens with one attached hydrogen (secondary N) is 1. The fraction of sp³-hybridized carbons (Fsp3) is 0.367. The highest BCUT2D eigenvalue weighted by molar-refractivity contribution is 6.05. The number of nitrogens with two attached hydrogens (primary N) is 1. The molecule has 4 heterocycles. The SMILES string of the molecule is CN(C)C1(C(=O)N2CCCC(C3=C4C=NC=C[N+]4(N)C(c4ccc(C(=O)Nc5cc(C(F)(F)F)ccn5)cc4)=N3)C2)CC1. The lowest BCUT2D eigenvalue weighted by molar-refractivity contribution is -0.750. The van der Waals surface area contributed by atoms with Gasteiger partial charge in [0.25, 0.3) is 11.7 Å². The Morgan fingerprint density at radius 3 is 2.58 bits per heavy atom. The molecular formula is C30H32F3N8O2+. The van der Waals surface area contributed by atoms with Crippen molar-refractivity contribution in [3.8, 4) is 0 Å². The second kappa shape index (κ2) is 10.5. The first kappa shape index (κ1) is 28.9. The molecule has 0 radical (unpaired) electrons. The number of likely N-dealkylation sites (tertiary alicyclic amines) is 1. The Bertz CT molecular complexity index is 1590. The van der Waals surface area contributed by atoms with Gasteiger partial charge in [0.1, 0.15) is 23.3 Å². The lowest BCUT2D eigenvalue weighted by Crippen LogP contribution is -2.53. The molecule has 0 spiro atoms. The number of carbonyl (C=O) groups excluding carboxylic acids is 2. The van der Waals surface area contributed by atoms with E-state index in [-0.39, 0.29) is 27.8 Å². The third-order valence-electron chi connectivity index (χ3n) is 8.63. The van der Waals surface area contributed by atoms with Gasteiger partial charge in [-0.2, -0.15) is 24.0 Å². The maximum atomic E-state index is 13.5. The molecule has 2 aromatic rings. The van der Waals surface area contributed by atoms with E-state index in [0.717, 1.165) is 55.4 Å². The molecule has 43 heavy (non-hydrogen) atoms. The van der Waals surface area contributed by atoms with Crippen molar-refractivity contribution < 1.29 is 27.4 Å². The van der Waals surface area contributed by atoms with Gasteiger partial charge in [-0.25, -0.2) is 4.98 Å². The number of rotatable bonds is 6. The molecule has 2 amide bonds. The van der Waals surface area contributed by atoms with E-state index in [1.165, 1.54) is 0 Å². The van der Waals surface area contributed by atoms with Gasteiger partial charge < -0.3 is 10.2 Å². The van der Waals surface area contributed by atoms with Crippen LogP contribution in [0.15, 0.2) is 76.4 Å². The molecule has 3 aliphatic heterocycles. The zero-order chi connectivity index (χ0) is 30.6. The molecule has 1 aliphatic carbocycles. The molecule has 1 saturated heterocycles. The van der Waals surface area contributed by atoms with Gasteiger partial charge in [0.2, 0.25) is 11.6 Å². The second-order valence-electron chi connectivity index (χ2n) is 11.5. The van der Waals surface area contributed by atoms with E-state index in [4.69, 9.17) is 10.8 Å². The molecule has 6 rings (SSSR count). The molecule has 2 fully saturated rings. The van der Waals surface area contributed by atoms with E-state index in [0.29, 0.717) is 24.5 Å². The van der Waals surface area contributed by atoms with E-state index in [9.17, 15) is 22.8 Å². The zero-order valence-corrected chi connectivity index (χ0v) is 23.8. The lowest BCUT2D eigenvalue weighted by Gasteiger charge is -2.36. The molecule has 3 N–H and O–H groups in total. The van der Waals surface area contributed by atoms with Crippen LogP contribution in [0.5, 0.6) is 0 Å². The topological polar surface area (TPSA) is 116 Å². The maximum Gasteiger partial charge on any atom is 0.416 e. The fourth-order valence-electron chi connectivity index (χ4n) is 5.99. The molecule has 1 aromatic carbocycles. The standard InChI is InChI=1S/C30H31F3N8O2/c1-39(2)29(10-11-29)28(43)40-14-3-4-21(18-40)25-23-17-35-13-15-41(23,34)26(38-25)19-5-7-20(8-6-19)27(42)37-24-16-22(9-12-36-24)30(31,32)33/h5-9,12-13,15-17,21H,3-4,10-11,14,18,34H2,1-2H3/p+1. The average Bonchev–Trinajstić information content (AvgIpc) is 3.74. The fourth-order valence-corrected chi connectivity index (χ4v) is 5.99. The summed E-state index contributed by atoms with van der Waals surface area (Å²) in [6.45, 7) is 1.25. The number of fused-ring (bicyclic) bond motifs is 1. The number of quaternary nitrogens is 1. The highest BCUT2D eigenvalue weighted by Gasteiger charge is 2.54. The first-order valence-electron chi connectivity index (χ1n) is 14.1. The predicted molar refractivity (Wildman–Crippen MR) is 154 cm³/mol. The van der Waals surface area contributed by atoms with E-state index < -0.39 is 23.2 Å². The predicted octanol–water partition coefficient (Wildman–Crippen LogP) is 3.90. The normalized spacial score (nSPS) is 24.2. The number of allylic oxidation sites excluding steroid dienone is 1. The van der Waals surface area contributed by atoms with Crippen LogP contribution in [-0.2, 0) is 11.0 Å². The number of hydrogen-bond acceptors (Lipinski definition) is 7. The summed E-state index contributed by atoms with van der Waals surface area (Å²) in [7, 11) is 3.90. The van der Waals surface area contributed by atoms with Crippen molar-refractivity contribution in [3.63, 3.8) is 0 Å². The summed E-state index contributed by atoms with van der Waals surface area (Å²) < 4.78 is 38.9. The molecule has 0 bridgehead atoms. The second-order valence-corrected chi connectivity index (χ2v) is 11.5. The van der Waals surface area contributed by atoms with Crippen LogP contribution in [0.1, 0.15) is 47.2 Å². The molecule has 4 aliphatic rings. The molecule has 2 atom stereocenters. The first-order chi connectivity index (χ1) is 20.4. The molecule has 2 unspecified atom stereocenters. The number of nitrogens with zero attached hydrogens (tertiary/aromatic N) is 6. The summed E-state index contributed by atoms with van der Waals surface area (Å²) in [5, 5.41) is 2.42. The lowest BCUT2D eigenvalue weighted by atomic mass is 9.93. The molecular weight excluding hydrogens is 561 g/mol. The number of benzene rings is 1. The Balaban J connectivity index is 1.23. The summed E-state index contributed by atoms with van der Waals surface area (Å²) in [5.41, 5.74) is 1.09. The minimum Gasteiger partial charge on any atom is -0.340 e. The van der Waals surface area contributed by atoms with Crippen molar-refractivity contribution in [1.82, 2.24) is 14.8 Å². The Morgan fingerprint density at radius 2 is 1.91 bits per heavy atom. The van der Waals surface area contributed by atoms with Gasteiger partial charge in [-0.1, -0.05) is 0 Å².